The van der Waals surface area contributed by atoms with E-state index in [0.29, 0.717) is 5.16 Å². The van der Waals surface area contributed by atoms with Crippen LogP contribution in [0, 0.1) is 0 Å². The van der Waals surface area contributed by atoms with Crippen molar-refractivity contribution in [1.29, 1.82) is 0 Å². The second-order valence-electron chi connectivity index (χ2n) is 6.33. The molecule has 150 valence electrons. The van der Waals surface area contributed by atoms with Gasteiger partial charge < -0.3 is 15.0 Å². The minimum Gasteiger partial charge on any atom is -0.378 e. The molecule has 2 heterocycles. The first-order valence-electron chi connectivity index (χ1n) is 9.09. The summed E-state index contributed by atoms with van der Waals surface area (Å²) in [6.07, 6.45) is 0. The summed E-state index contributed by atoms with van der Waals surface area (Å²) < 4.78 is 7.97. The Bertz CT molecular complexity index is 958. The zero-order valence-corrected chi connectivity index (χ0v) is 17.9. The first-order chi connectivity index (χ1) is 14.2. The molecule has 1 N–H and O–H groups in total. The molecular weight excluding hydrogens is 456 g/mol. The van der Waals surface area contributed by atoms with Gasteiger partial charge in [0.25, 0.3) is 0 Å². The third-order valence-electron chi connectivity index (χ3n) is 4.37. The predicted molar refractivity (Wildman–Crippen MR) is 116 cm³/mol. The standard InChI is InChI=1S/C19H19BrN6O2S/c20-14-1-5-17(6-2-14)26-19(22-23-24-26)29-13-18(27)21-15-3-7-16(8-4-15)25-9-11-28-12-10-25/h1-8H,9-13H2,(H,21,27). The van der Waals surface area contributed by atoms with Crippen molar-refractivity contribution < 1.29 is 9.53 Å². The van der Waals surface area contributed by atoms with Gasteiger partial charge in [-0.1, -0.05) is 27.7 Å². The van der Waals surface area contributed by atoms with E-state index in [1.165, 1.54) is 11.8 Å². The van der Waals surface area contributed by atoms with E-state index in [0.717, 1.165) is 47.8 Å². The van der Waals surface area contributed by atoms with Crippen LogP contribution in [-0.2, 0) is 9.53 Å². The molecule has 0 bridgehead atoms. The van der Waals surface area contributed by atoms with E-state index < -0.39 is 0 Å². The van der Waals surface area contributed by atoms with Gasteiger partial charge in [0.05, 0.1) is 24.7 Å². The molecule has 3 aromatic rings. The highest BCUT2D eigenvalue weighted by molar-refractivity contribution is 9.10. The fourth-order valence-electron chi connectivity index (χ4n) is 2.92. The molecule has 0 spiro atoms. The zero-order chi connectivity index (χ0) is 20.1. The van der Waals surface area contributed by atoms with Crippen molar-refractivity contribution in [3.8, 4) is 5.69 Å². The Morgan fingerprint density at radius 2 is 1.76 bits per heavy atom. The van der Waals surface area contributed by atoms with Gasteiger partial charge in [-0.3, -0.25) is 4.79 Å². The Balaban J connectivity index is 1.33. The van der Waals surface area contributed by atoms with E-state index in [1.807, 2.05) is 48.5 Å². The second-order valence-corrected chi connectivity index (χ2v) is 8.19. The van der Waals surface area contributed by atoms with Crippen LogP contribution in [0.4, 0.5) is 11.4 Å². The summed E-state index contributed by atoms with van der Waals surface area (Å²) in [7, 11) is 0. The fourth-order valence-corrected chi connectivity index (χ4v) is 3.87. The van der Waals surface area contributed by atoms with Crippen molar-refractivity contribution in [3.63, 3.8) is 0 Å². The SMILES string of the molecule is O=C(CSc1nnnn1-c1ccc(Br)cc1)Nc1ccc(N2CCOCC2)cc1. The Hall–Kier alpha value is -2.43. The van der Waals surface area contributed by atoms with Crippen LogP contribution in [0.5, 0.6) is 0 Å². The first-order valence-corrected chi connectivity index (χ1v) is 10.9. The van der Waals surface area contributed by atoms with E-state index in [9.17, 15) is 4.79 Å². The number of anilines is 2. The fraction of sp³-hybridized carbons (Fsp3) is 0.263. The Labute approximate surface area is 180 Å². The molecule has 8 nitrogen and oxygen atoms in total. The van der Waals surface area contributed by atoms with Crippen molar-refractivity contribution in [1.82, 2.24) is 20.2 Å². The number of nitrogens with one attached hydrogen (secondary N) is 1. The highest BCUT2D eigenvalue weighted by Crippen LogP contribution is 2.21. The highest BCUT2D eigenvalue weighted by Gasteiger charge is 2.13. The molecule has 0 unspecified atom stereocenters. The largest absolute Gasteiger partial charge is 0.378 e. The highest BCUT2D eigenvalue weighted by atomic mass is 79.9. The van der Waals surface area contributed by atoms with Gasteiger partial charge in [0, 0.05) is 28.9 Å². The number of tetrazole rings is 1. The molecule has 0 saturated carbocycles. The lowest BCUT2D eigenvalue weighted by atomic mass is 10.2. The number of hydrogen-bond donors (Lipinski definition) is 1. The van der Waals surface area contributed by atoms with Gasteiger partial charge in [0.1, 0.15) is 0 Å². The number of benzene rings is 2. The molecule has 1 amide bonds. The third kappa shape index (κ3) is 5.14. The van der Waals surface area contributed by atoms with Crippen LogP contribution >= 0.6 is 27.7 Å². The van der Waals surface area contributed by atoms with Crippen LogP contribution in [0.3, 0.4) is 0 Å². The summed E-state index contributed by atoms with van der Waals surface area (Å²) in [5.41, 5.74) is 2.73. The van der Waals surface area contributed by atoms with Crippen LogP contribution < -0.4 is 10.2 Å². The van der Waals surface area contributed by atoms with Crippen molar-refractivity contribution in [2.75, 3.05) is 42.3 Å². The Morgan fingerprint density at radius 3 is 2.48 bits per heavy atom. The number of hydrogen-bond acceptors (Lipinski definition) is 7. The molecule has 4 rings (SSSR count). The number of morpholine rings is 1. The zero-order valence-electron chi connectivity index (χ0n) is 15.5. The topological polar surface area (TPSA) is 85.2 Å². The summed E-state index contributed by atoms with van der Waals surface area (Å²) in [5.74, 6) is 0.0988. The van der Waals surface area contributed by atoms with Crippen LogP contribution in [0.15, 0.2) is 58.2 Å². The van der Waals surface area contributed by atoms with Crippen molar-refractivity contribution in [2.45, 2.75) is 5.16 Å². The summed E-state index contributed by atoms with van der Waals surface area (Å²) in [6, 6.07) is 15.5. The number of carbonyl (C=O) groups is 1. The number of carbonyl (C=O) groups excluding carboxylic acids is 1. The lowest BCUT2D eigenvalue weighted by molar-refractivity contribution is -0.113. The first kappa shape index (κ1) is 19.9. The van der Waals surface area contributed by atoms with Gasteiger partial charge in [0.2, 0.25) is 11.1 Å². The average molecular weight is 475 g/mol. The molecular formula is C19H19BrN6O2S. The molecule has 29 heavy (non-hydrogen) atoms. The number of rotatable bonds is 6. The molecule has 1 aliphatic rings. The van der Waals surface area contributed by atoms with Gasteiger partial charge in [-0.25, -0.2) is 0 Å². The number of ether oxygens (including phenoxy) is 1. The monoisotopic (exact) mass is 474 g/mol. The van der Waals surface area contributed by atoms with E-state index in [1.54, 1.807) is 4.68 Å². The summed E-state index contributed by atoms with van der Waals surface area (Å²) in [6.45, 7) is 3.26. The minimum absolute atomic E-state index is 0.112. The molecule has 2 aromatic carbocycles. The van der Waals surface area contributed by atoms with Crippen LogP contribution in [0.1, 0.15) is 0 Å². The predicted octanol–water partition coefficient (Wildman–Crippen LogP) is 2.99. The maximum atomic E-state index is 12.3. The van der Waals surface area contributed by atoms with E-state index in [2.05, 4.69) is 41.7 Å². The summed E-state index contributed by atoms with van der Waals surface area (Å²) in [5, 5.41) is 15.2. The molecule has 1 saturated heterocycles. The van der Waals surface area contributed by atoms with E-state index in [4.69, 9.17) is 4.74 Å². The lowest BCUT2D eigenvalue weighted by Crippen LogP contribution is -2.36. The number of thioether (sulfide) groups is 1. The number of amides is 1. The average Bonchev–Trinajstić information content (AvgIpc) is 3.23. The van der Waals surface area contributed by atoms with Crippen LogP contribution in [0.25, 0.3) is 5.69 Å². The van der Waals surface area contributed by atoms with Gasteiger partial charge in [-0.05, 0) is 59.0 Å². The molecule has 1 aliphatic heterocycles. The number of nitrogens with zero attached hydrogens (tertiary/aromatic N) is 5. The maximum absolute atomic E-state index is 12.3. The molecule has 10 heteroatoms. The Morgan fingerprint density at radius 1 is 1.07 bits per heavy atom. The van der Waals surface area contributed by atoms with Gasteiger partial charge in [0.15, 0.2) is 0 Å². The van der Waals surface area contributed by atoms with Gasteiger partial charge >= 0.3 is 0 Å². The summed E-state index contributed by atoms with van der Waals surface area (Å²) in [4.78, 5) is 14.6. The number of aromatic nitrogens is 4. The van der Waals surface area contributed by atoms with Crippen molar-refractivity contribution in [2.24, 2.45) is 0 Å². The van der Waals surface area contributed by atoms with Crippen molar-refractivity contribution >= 4 is 45.0 Å². The lowest BCUT2D eigenvalue weighted by Gasteiger charge is -2.28. The maximum Gasteiger partial charge on any atom is 0.234 e. The van der Waals surface area contributed by atoms with Crippen LogP contribution in [-0.4, -0.2) is 58.2 Å². The van der Waals surface area contributed by atoms with E-state index >= 15 is 0 Å². The van der Waals surface area contributed by atoms with Crippen LogP contribution in [0.2, 0.25) is 0 Å². The van der Waals surface area contributed by atoms with Gasteiger partial charge in [-0.15, -0.1) is 5.10 Å². The van der Waals surface area contributed by atoms with Crippen molar-refractivity contribution in [3.05, 3.63) is 53.0 Å². The number of halogens is 1. The quantitative estimate of drug-likeness (QED) is 0.549. The third-order valence-corrected chi connectivity index (χ3v) is 5.82. The minimum atomic E-state index is -0.112. The normalized spacial score (nSPS) is 14.0. The molecule has 1 fully saturated rings. The Kier molecular flexibility index (Phi) is 6.43. The molecule has 0 atom stereocenters. The summed E-state index contributed by atoms with van der Waals surface area (Å²) >= 11 is 4.70. The molecule has 0 aliphatic carbocycles. The molecule has 1 aromatic heterocycles. The smallest absolute Gasteiger partial charge is 0.234 e. The van der Waals surface area contributed by atoms with E-state index in [-0.39, 0.29) is 11.7 Å². The second kappa shape index (κ2) is 9.38. The molecule has 0 radical (unpaired) electrons. The van der Waals surface area contributed by atoms with Gasteiger partial charge in [-0.2, -0.15) is 4.68 Å².